The van der Waals surface area contributed by atoms with Crippen LogP contribution in [0.15, 0.2) is 60.7 Å². The molecule has 0 bridgehead atoms. The Morgan fingerprint density at radius 2 is 1.55 bits per heavy atom. The van der Waals surface area contributed by atoms with Gasteiger partial charge < -0.3 is 15.4 Å². The smallest absolute Gasteiger partial charge is 0.248 e. The molecule has 2 fully saturated rings. The van der Waals surface area contributed by atoms with E-state index in [9.17, 15) is 4.79 Å². The molecule has 7 heteroatoms. The van der Waals surface area contributed by atoms with Crippen LogP contribution in [-0.4, -0.2) is 104 Å². The number of hydrogen-bond acceptors (Lipinski definition) is 6. The van der Waals surface area contributed by atoms with E-state index < -0.39 is 0 Å². The minimum Gasteiger partial charge on any atom is -0.496 e. The molecule has 1 amide bonds. The number of fused-ring (bicyclic) bond motifs is 1. The zero-order chi connectivity index (χ0) is 29.5. The van der Waals surface area contributed by atoms with Crippen LogP contribution in [0.4, 0.5) is 0 Å². The number of benzene rings is 3. The van der Waals surface area contributed by atoms with Crippen molar-refractivity contribution in [1.29, 1.82) is 0 Å². The normalized spacial score (nSPS) is 18.5. The molecule has 3 aromatic carbocycles. The number of carbonyl (C=O) groups is 1. The molecule has 2 saturated heterocycles. The third kappa shape index (κ3) is 7.51. The van der Waals surface area contributed by atoms with Crippen molar-refractivity contribution in [1.82, 2.24) is 19.6 Å². The third-order valence-corrected chi connectivity index (χ3v) is 9.34. The second-order valence-electron chi connectivity index (χ2n) is 12.2. The Balaban J connectivity index is 1.14. The lowest BCUT2D eigenvalue weighted by Crippen LogP contribution is -2.53. The van der Waals surface area contributed by atoms with Crippen molar-refractivity contribution in [2.45, 2.75) is 45.2 Å². The summed E-state index contributed by atoms with van der Waals surface area (Å²) in [4.78, 5) is 22.4. The Morgan fingerprint density at radius 1 is 0.833 bits per heavy atom. The summed E-state index contributed by atoms with van der Waals surface area (Å²) in [6.45, 7) is 15.3. The van der Waals surface area contributed by atoms with E-state index in [4.69, 9.17) is 10.5 Å². The van der Waals surface area contributed by atoms with Gasteiger partial charge in [0.05, 0.1) is 7.11 Å². The summed E-state index contributed by atoms with van der Waals surface area (Å²) < 4.78 is 5.71. The number of primary amides is 1. The van der Waals surface area contributed by atoms with Crippen molar-refractivity contribution in [3.8, 4) is 5.75 Å². The van der Waals surface area contributed by atoms with Gasteiger partial charge in [-0.2, -0.15) is 0 Å². The molecule has 2 aliphatic rings. The number of carbonyl (C=O) groups excluding carboxylic acids is 1. The Bertz CT molecular complexity index is 1310. The van der Waals surface area contributed by atoms with Crippen LogP contribution in [0.3, 0.4) is 0 Å². The fourth-order valence-electron chi connectivity index (χ4n) is 6.74. The summed E-state index contributed by atoms with van der Waals surface area (Å²) in [5, 5.41) is 2.60. The second kappa shape index (κ2) is 14.5. The number of methoxy groups -OCH3 is 1. The molecule has 7 nitrogen and oxygen atoms in total. The van der Waals surface area contributed by atoms with E-state index in [0.29, 0.717) is 11.6 Å². The quantitative estimate of drug-likeness (QED) is 0.319. The van der Waals surface area contributed by atoms with Crippen LogP contribution in [-0.2, 0) is 6.42 Å². The maximum Gasteiger partial charge on any atom is 0.248 e. The molecule has 0 spiro atoms. The van der Waals surface area contributed by atoms with Crippen molar-refractivity contribution in [2.75, 3.05) is 72.6 Å². The van der Waals surface area contributed by atoms with E-state index in [1.807, 2.05) is 18.2 Å². The summed E-state index contributed by atoms with van der Waals surface area (Å²) in [5.41, 5.74) is 8.79. The highest BCUT2D eigenvalue weighted by atomic mass is 16.5. The molecule has 2 N–H and O–H groups in total. The largest absolute Gasteiger partial charge is 0.496 e. The first-order chi connectivity index (χ1) is 20.4. The van der Waals surface area contributed by atoms with Gasteiger partial charge in [0.25, 0.3) is 0 Å². The highest BCUT2D eigenvalue weighted by Gasteiger charge is 2.29. The lowest BCUT2D eigenvalue weighted by molar-refractivity contribution is 0.0480. The number of rotatable bonds is 12. The minimum absolute atomic E-state index is 0.265. The summed E-state index contributed by atoms with van der Waals surface area (Å²) in [6, 6.07) is 21.7. The predicted octanol–water partition coefficient (Wildman–Crippen LogP) is 4.65. The molecular weight excluding hydrogens is 522 g/mol. The first-order valence-corrected chi connectivity index (χ1v) is 15.8. The Labute approximate surface area is 252 Å². The minimum atomic E-state index is -0.354. The van der Waals surface area contributed by atoms with Gasteiger partial charge in [0.15, 0.2) is 0 Å². The Kier molecular flexibility index (Phi) is 10.5. The average molecular weight is 572 g/mol. The number of unbranched alkanes of at least 4 members (excludes halogenated alkanes) is 1. The van der Waals surface area contributed by atoms with Gasteiger partial charge in [-0.05, 0) is 74.2 Å². The van der Waals surface area contributed by atoms with Crippen LogP contribution in [0.5, 0.6) is 5.75 Å². The van der Waals surface area contributed by atoms with Gasteiger partial charge in [-0.3, -0.25) is 19.5 Å². The summed E-state index contributed by atoms with van der Waals surface area (Å²) in [6.07, 6.45) is 3.39. The van der Waals surface area contributed by atoms with E-state index >= 15 is 0 Å². The SMILES string of the molecule is COc1ccc2ccccc2c1CCCCN1CCN(CC(c2cccc(C(N)=O)c2)N2CCN(C(C)C)CC2)CC1. The maximum absolute atomic E-state index is 12.0. The molecule has 0 radical (unpaired) electrons. The van der Waals surface area contributed by atoms with Crippen LogP contribution in [0.1, 0.15) is 54.2 Å². The van der Waals surface area contributed by atoms with E-state index in [2.05, 4.69) is 75.9 Å². The molecule has 0 aromatic heterocycles. The number of aryl methyl sites for hydroxylation is 1. The Morgan fingerprint density at radius 3 is 2.26 bits per heavy atom. The monoisotopic (exact) mass is 571 g/mol. The number of amides is 1. The molecular formula is C35H49N5O2. The second-order valence-corrected chi connectivity index (χ2v) is 12.2. The fraction of sp³-hybridized carbons (Fsp3) is 0.514. The average Bonchev–Trinajstić information content (AvgIpc) is 3.02. The summed E-state index contributed by atoms with van der Waals surface area (Å²) in [7, 11) is 1.78. The number of hydrogen-bond donors (Lipinski definition) is 1. The molecule has 3 aromatic rings. The fourth-order valence-corrected chi connectivity index (χ4v) is 6.74. The number of nitrogens with zero attached hydrogens (tertiary/aromatic N) is 4. The molecule has 5 rings (SSSR count). The molecule has 0 saturated carbocycles. The van der Waals surface area contributed by atoms with E-state index in [1.165, 1.54) is 28.3 Å². The summed E-state index contributed by atoms with van der Waals surface area (Å²) in [5.74, 6) is 0.650. The molecule has 2 heterocycles. The van der Waals surface area contributed by atoms with E-state index in [-0.39, 0.29) is 11.9 Å². The van der Waals surface area contributed by atoms with Gasteiger partial charge in [0, 0.05) is 82.1 Å². The van der Waals surface area contributed by atoms with Gasteiger partial charge in [0.1, 0.15) is 5.75 Å². The van der Waals surface area contributed by atoms with Gasteiger partial charge >= 0.3 is 0 Å². The first-order valence-electron chi connectivity index (χ1n) is 15.8. The third-order valence-electron chi connectivity index (χ3n) is 9.34. The highest BCUT2D eigenvalue weighted by Crippen LogP contribution is 2.30. The van der Waals surface area contributed by atoms with Gasteiger partial charge in [-0.25, -0.2) is 0 Å². The van der Waals surface area contributed by atoms with Gasteiger partial charge in [-0.15, -0.1) is 0 Å². The van der Waals surface area contributed by atoms with Crippen molar-refractivity contribution in [3.63, 3.8) is 0 Å². The standard InChI is InChI=1S/C35H49N5O2/c1-27(2)39-21-23-40(24-22-39)33(29-10-8-11-30(25-29)35(36)41)26-38-19-17-37(18-20-38)16-7-6-13-32-31-12-5-4-9-28(31)14-15-34(32)42-3/h4-5,8-12,14-15,25,27,33H,6-7,13,16-24,26H2,1-3H3,(H2,36,41). The topological polar surface area (TPSA) is 65.3 Å². The number of ether oxygens (including phenoxy) is 1. The van der Waals surface area contributed by atoms with Crippen LogP contribution < -0.4 is 10.5 Å². The zero-order valence-corrected chi connectivity index (χ0v) is 25.8. The van der Waals surface area contributed by atoms with Gasteiger partial charge in [0.2, 0.25) is 5.91 Å². The van der Waals surface area contributed by atoms with Crippen LogP contribution in [0.2, 0.25) is 0 Å². The van der Waals surface area contributed by atoms with Crippen molar-refractivity contribution < 1.29 is 9.53 Å². The predicted molar refractivity (Wildman–Crippen MR) is 172 cm³/mol. The molecule has 1 atom stereocenters. The van der Waals surface area contributed by atoms with E-state index in [1.54, 1.807) is 7.11 Å². The molecule has 0 aliphatic carbocycles. The molecule has 42 heavy (non-hydrogen) atoms. The van der Waals surface area contributed by atoms with Crippen molar-refractivity contribution >= 4 is 16.7 Å². The van der Waals surface area contributed by atoms with Gasteiger partial charge in [-0.1, -0.05) is 42.5 Å². The number of nitrogens with two attached hydrogens (primary N) is 1. The van der Waals surface area contributed by atoms with Crippen LogP contribution in [0.25, 0.3) is 10.8 Å². The Hall–Kier alpha value is -2.97. The molecule has 1 unspecified atom stereocenters. The van der Waals surface area contributed by atoms with Crippen LogP contribution in [0, 0.1) is 0 Å². The van der Waals surface area contributed by atoms with Crippen molar-refractivity contribution in [3.05, 3.63) is 77.4 Å². The lowest BCUT2D eigenvalue weighted by Gasteiger charge is -2.43. The highest BCUT2D eigenvalue weighted by molar-refractivity contribution is 5.93. The number of piperazine rings is 2. The maximum atomic E-state index is 12.0. The molecule has 2 aliphatic heterocycles. The zero-order valence-electron chi connectivity index (χ0n) is 25.8. The lowest BCUT2D eigenvalue weighted by atomic mass is 9.99. The summed E-state index contributed by atoms with van der Waals surface area (Å²) >= 11 is 0. The van der Waals surface area contributed by atoms with E-state index in [0.717, 1.165) is 84.0 Å². The van der Waals surface area contributed by atoms with Crippen molar-refractivity contribution in [2.24, 2.45) is 5.73 Å². The first kappa shape index (κ1) is 30.5. The van der Waals surface area contributed by atoms with Crippen LogP contribution >= 0.6 is 0 Å². The molecule has 226 valence electrons.